The molecule has 0 saturated heterocycles. The molecule has 0 bridgehead atoms. The van der Waals surface area contributed by atoms with E-state index < -0.39 is 17.6 Å². The Morgan fingerprint density at radius 3 is 2.32 bits per heavy atom. The van der Waals surface area contributed by atoms with Gasteiger partial charge >= 0.3 is 6.18 Å². The highest BCUT2D eigenvalue weighted by Crippen LogP contribution is 2.37. The second-order valence-corrected chi connectivity index (χ2v) is 5.02. The van der Waals surface area contributed by atoms with Crippen LogP contribution in [0.2, 0.25) is 0 Å². The summed E-state index contributed by atoms with van der Waals surface area (Å²) in [4.78, 5) is 7.75. The van der Waals surface area contributed by atoms with E-state index in [4.69, 9.17) is 4.74 Å². The van der Waals surface area contributed by atoms with Gasteiger partial charge in [-0.15, -0.1) is 0 Å². The Balaban J connectivity index is 2.69. The third-order valence-electron chi connectivity index (χ3n) is 3.18. The zero-order valence-electron chi connectivity index (χ0n) is 12.2. The lowest BCUT2D eigenvalue weighted by Gasteiger charge is -2.17. The highest BCUT2D eigenvalue weighted by molar-refractivity contribution is 5.66. The number of methoxy groups -OCH3 is 1. The number of nitrogens with zero attached hydrogens (tertiary/aromatic N) is 2. The topological polar surface area (TPSA) is 35.0 Å². The monoisotopic (exact) mass is 314 g/mol. The van der Waals surface area contributed by atoms with Crippen molar-refractivity contribution >= 4 is 0 Å². The first-order valence-corrected chi connectivity index (χ1v) is 6.51. The molecule has 2 aromatic rings. The van der Waals surface area contributed by atoms with Crippen LogP contribution in [0, 0.1) is 5.82 Å². The summed E-state index contributed by atoms with van der Waals surface area (Å²) in [5, 5.41) is 0. The molecule has 0 aliphatic rings. The second-order valence-electron chi connectivity index (χ2n) is 5.02. The molecule has 22 heavy (non-hydrogen) atoms. The van der Waals surface area contributed by atoms with Crippen molar-refractivity contribution in [3.8, 4) is 17.1 Å². The SMILES string of the molecule is COc1cc(-c2c(F)cc(C(F)(F)F)cc2C(C)C)ncn1. The number of rotatable bonds is 3. The van der Waals surface area contributed by atoms with Crippen LogP contribution in [0.4, 0.5) is 17.6 Å². The van der Waals surface area contributed by atoms with Gasteiger partial charge in [-0.3, -0.25) is 0 Å². The van der Waals surface area contributed by atoms with Crippen LogP contribution >= 0.6 is 0 Å². The molecule has 0 saturated carbocycles. The highest BCUT2D eigenvalue weighted by atomic mass is 19.4. The molecule has 0 atom stereocenters. The van der Waals surface area contributed by atoms with E-state index in [1.165, 1.54) is 19.5 Å². The number of hydrogen-bond donors (Lipinski definition) is 0. The summed E-state index contributed by atoms with van der Waals surface area (Å²) in [5.74, 6) is -1.08. The Morgan fingerprint density at radius 2 is 1.77 bits per heavy atom. The van der Waals surface area contributed by atoms with Crippen LogP contribution in [0.5, 0.6) is 5.88 Å². The van der Waals surface area contributed by atoms with Gasteiger partial charge in [0.15, 0.2) is 0 Å². The van der Waals surface area contributed by atoms with E-state index >= 15 is 0 Å². The zero-order chi connectivity index (χ0) is 16.5. The van der Waals surface area contributed by atoms with Crippen LogP contribution in [0.3, 0.4) is 0 Å². The van der Waals surface area contributed by atoms with E-state index in [9.17, 15) is 17.6 Å². The van der Waals surface area contributed by atoms with Crippen molar-refractivity contribution in [2.45, 2.75) is 25.9 Å². The van der Waals surface area contributed by atoms with Gasteiger partial charge in [-0.1, -0.05) is 13.8 Å². The van der Waals surface area contributed by atoms with Gasteiger partial charge in [-0.05, 0) is 23.6 Å². The summed E-state index contributed by atoms with van der Waals surface area (Å²) in [5.41, 5.74) is -0.572. The molecule has 0 unspecified atom stereocenters. The van der Waals surface area contributed by atoms with Crippen molar-refractivity contribution in [1.82, 2.24) is 9.97 Å². The Bertz CT molecular complexity index is 684. The predicted octanol–water partition coefficient (Wildman–Crippen LogP) is 4.43. The quantitative estimate of drug-likeness (QED) is 0.786. The summed E-state index contributed by atoms with van der Waals surface area (Å²) in [6.45, 7) is 3.38. The Hall–Kier alpha value is -2.18. The van der Waals surface area contributed by atoms with Crippen molar-refractivity contribution in [3.63, 3.8) is 0 Å². The number of halogens is 4. The Kier molecular flexibility index (Phi) is 4.35. The third-order valence-corrected chi connectivity index (χ3v) is 3.18. The number of alkyl halides is 3. The summed E-state index contributed by atoms with van der Waals surface area (Å²) < 4.78 is 57.8. The minimum atomic E-state index is -4.60. The van der Waals surface area contributed by atoms with Gasteiger partial charge in [-0.2, -0.15) is 13.2 Å². The molecule has 1 aromatic heterocycles. The van der Waals surface area contributed by atoms with E-state index in [-0.39, 0.29) is 28.6 Å². The van der Waals surface area contributed by atoms with E-state index in [0.29, 0.717) is 6.07 Å². The van der Waals surface area contributed by atoms with Gasteiger partial charge in [0.05, 0.1) is 18.4 Å². The molecule has 2 rings (SSSR count). The molecule has 0 spiro atoms. The van der Waals surface area contributed by atoms with Crippen molar-refractivity contribution in [2.75, 3.05) is 7.11 Å². The molecule has 0 N–H and O–H groups in total. The minimum absolute atomic E-state index is 0.0312. The molecule has 7 heteroatoms. The molecule has 1 aromatic carbocycles. The van der Waals surface area contributed by atoms with Crippen LogP contribution in [-0.2, 0) is 6.18 Å². The van der Waals surface area contributed by atoms with Gasteiger partial charge in [0.25, 0.3) is 0 Å². The first kappa shape index (κ1) is 16.2. The van der Waals surface area contributed by atoms with Gasteiger partial charge in [0.2, 0.25) is 5.88 Å². The number of benzene rings is 1. The standard InChI is InChI=1S/C15H14F4N2O/c1-8(2)10-4-9(15(17,18)19)5-11(16)14(10)12-6-13(22-3)21-7-20-12/h4-8H,1-3H3. The largest absolute Gasteiger partial charge is 0.481 e. The van der Waals surface area contributed by atoms with Crippen LogP contribution in [-0.4, -0.2) is 17.1 Å². The average molecular weight is 314 g/mol. The number of aromatic nitrogens is 2. The highest BCUT2D eigenvalue weighted by Gasteiger charge is 2.33. The molecule has 0 aliphatic carbocycles. The van der Waals surface area contributed by atoms with Gasteiger partial charge in [0, 0.05) is 11.6 Å². The average Bonchev–Trinajstić information content (AvgIpc) is 2.45. The van der Waals surface area contributed by atoms with E-state index in [1.54, 1.807) is 13.8 Å². The van der Waals surface area contributed by atoms with Crippen molar-refractivity contribution in [1.29, 1.82) is 0 Å². The van der Waals surface area contributed by atoms with Crippen LogP contribution < -0.4 is 4.74 Å². The molecule has 1 heterocycles. The lowest BCUT2D eigenvalue weighted by molar-refractivity contribution is -0.137. The maximum Gasteiger partial charge on any atom is 0.416 e. The molecule has 118 valence electrons. The normalized spacial score (nSPS) is 11.8. The smallest absolute Gasteiger partial charge is 0.416 e. The first-order valence-electron chi connectivity index (χ1n) is 6.51. The fourth-order valence-electron chi connectivity index (χ4n) is 2.10. The predicted molar refractivity (Wildman–Crippen MR) is 73.1 cm³/mol. The zero-order valence-corrected chi connectivity index (χ0v) is 12.2. The maximum absolute atomic E-state index is 14.3. The molecule has 0 aliphatic heterocycles. The number of ether oxygens (including phenoxy) is 1. The van der Waals surface area contributed by atoms with Crippen molar-refractivity contribution < 1.29 is 22.3 Å². The fraction of sp³-hybridized carbons (Fsp3) is 0.333. The molecule has 0 radical (unpaired) electrons. The molecular formula is C15H14F4N2O. The summed E-state index contributed by atoms with van der Waals surface area (Å²) >= 11 is 0. The lowest BCUT2D eigenvalue weighted by Crippen LogP contribution is -2.09. The summed E-state index contributed by atoms with van der Waals surface area (Å²) in [6.07, 6.45) is -3.43. The van der Waals surface area contributed by atoms with E-state index in [1.807, 2.05) is 0 Å². The van der Waals surface area contributed by atoms with Crippen LogP contribution in [0.15, 0.2) is 24.5 Å². The lowest BCUT2D eigenvalue weighted by atomic mass is 9.92. The fourth-order valence-corrected chi connectivity index (χ4v) is 2.10. The van der Waals surface area contributed by atoms with Crippen molar-refractivity contribution in [2.24, 2.45) is 0 Å². The van der Waals surface area contributed by atoms with Gasteiger partial charge in [0.1, 0.15) is 12.1 Å². The maximum atomic E-state index is 14.3. The van der Waals surface area contributed by atoms with E-state index in [2.05, 4.69) is 9.97 Å². The van der Waals surface area contributed by atoms with Crippen LogP contribution in [0.1, 0.15) is 30.9 Å². The van der Waals surface area contributed by atoms with Gasteiger partial charge < -0.3 is 4.74 Å². The molecule has 0 fully saturated rings. The Labute approximate surface area is 125 Å². The first-order chi connectivity index (χ1) is 10.2. The summed E-state index contributed by atoms with van der Waals surface area (Å²) in [7, 11) is 1.39. The van der Waals surface area contributed by atoms with Crippen molar-refractivity contribution in [3.05, 3.63) is 41.5 Å². The number of hydrogen-bond acceptors (Lipinski definition) is 3. The summed E-state index contributed by atoms with van der Waals surface area (Å²) in [6, 6.07) is 2.82. The van der Waals surface area contributed by atoms with E-state index in [0.717, 1.165) is 6.07 Å². The second kappa shape index (κ2) is 5.90. The van der Waals surface area contributed by atoms with Crippen LogP contribution in [0.25, 0.3) is 11.3 Å². The minimum Gasteiger partial charge on any atom is -0.481 e. The molecular weight excluding hydrogens is 300 g/mol. The molecule has 3 nitrogen and oxygen atoms in total. The van der Waals surface area contributed by atoms with Gasteiger partial charge in [-0.25, -0.2) is 14.4 Å². The third kappa shape index (κ3) is 3.18. The molecule has 0 amide bonds. The Morgan fingerprint density at radius 1 is 1.09 bits per heavy atom.